The molecule has 24 heavy (non-hydrogen) atoms. The molecule has 0 aromatic heterocycles. The number of benzene rings is 2. The van der Waals surface area contributed by atoms with Crippen molar-refractivity contribution < 1.29 is 14.7 Å². The van der Waals surface area contributed by atoms with Crippen molar-refractivity contribution in [2.24, 2.45) is 4.99 Å². The summed E-state index contributed by atoms with van der Waals surface area (Å²) in [6.45, 7) is 3.13. The van der Waals surface area contributed by atoms with Crippen LogP contribution in [0.1, 0.15) is 29.8 Å². The number of carbonyl (C=O) groups excluding carboxylic acids is 2. The Labute approximate surface area is 139 Å². The highest BCUT2D eigenvalue weighted by molar-refractivity contribution is 6.35. The highest BCUT2D eigenvalue weighted by Gasteiger charge is 2.30. The largest absolute Gasteiger partial charge is 0.506 e. The van der Waals surface area contributed by atoms with Crippen LogP contribution in [0.5, 0.6) is 0 Å². The van der Waals surface area contributed by atoms with Crippen LogP contribution in [0.15, 0.2) is 59.1 Å². The number of amides is 1. The average Bonchev–Trinajstić information content (AvgIpc) is 2.81. The second-order valence-corrected chi connectivity index (χ2v) is 5.52. The molecular formula is C19H16N2O3. The van der Waals surface area contributed by atoms with Crippen LogP contribution in [-0.2, 0) is 4.79 Å². The number of fused-ring (bicyclic) bond motifs is 1. The van der Waals surface area contributed by atoms with Crippen LogP contribution in [-0.4, -0.2) is 22.5 Å². The van der Waals surface area contributed by atoms with E-state index >= 15 is 0 Å². The Kier molecular flexibility index (Phi) is 4.00. The number of hydrogen-bond donors (Lipinski definition) is 2. The number of hydrogen-bond acceptors (Lipinski definition) is 4. The standard InChI is InChI=1S/C19H16N2O3/c1-11(20-13-7-9-14(10-8-13)21-12(2)22)17-18(23)15-5-3-4-6-16(15)19(17)24/h3-10,23H,1-2H3,(H,21,22). The Balaban J connectivity index is 1.91. The Bertz CT molecular complexity index is 893. The summed E-state index contributed by atoms with van der Waals surface area (Å²) in [6.07, 6.45) is 0. The molecule has 0 spiro atoms. The number of allylic oxidation sites excluding steroid dienone is 1. The van der Waals surface area contributed by atoms with Crippen molar-refractivity contribution in [3.63, 3.8) is 0 Å². The van der Waals surface area contributed by atoms with Crippen molar-refractivity contribution in [3.05, 3.63) is 65.2 Å². The predicted molar refractivity (Wildman–Crippen MR) is 93.8 cm³/mol. The quantitative estimate of drug-likeness (QED) is 0.842. The van der Waals surface area contributed by atoms with Gasteiger partial charge >= 0.3 is 0 Å². The molecule has 5 nitrogen and oxygen atoms in total. The zero-order valence-corrected chi connectivity index (χ0v) is 13.3. The summed E-state index contributed by atoms with van der Waals surface area (Å²) in [5, 5.41) is 13.0. The van der Waals surface area contributed by atoms with Gasteiger partial charge in [-0.25, -0.2) is 0 Å². The lowest BCUT2D eigenvalue weighted by atomic mass is 10.1. The van der Waals surface area contributed by atoms with Gasteiger partial charge in [0.2, 0.25) is 5.91 Å². The fourth-order valence-electron chi connectivity index (χ4n) is 2.67. The van der Waals surface area contributed by atoms with Crippen LogP contribution < -0.4 is 5.32 Å². The number of ketones is 1. The lowest BCUT2D eigenvalue weighted by Gasteiger charge is -2.04. The Morgan fingerprint density at radius 2 is 1.62 bits per heavy atom. The Morgan fingerprint density at radius 3 is 2.21 bits per heavy atom. The number of aliphatic hydroxyl groups is 1. The van der Waals surface area contributed by atoms with Crippen molar-refractivity contribution in [3.8, 4) is 0 Å². The smallest absolute Gasteiger partial charge is 0.221 e. The SMILES string of the molecule is CC(=O)Nc1ccc(N=C(C)C2=C(O)c3ccccc3C2=O)cc1. The van der Waals surface area contributed by atoms with Crippen molar-refractivity contribution in [2.45, 2.75) is 13.8 Å². The molecule has 0 fully saturated rings. The van der Waals surface area contributed by atoms with Gasteiger partial charge in [-0.1, -0.05) is 24.3 Å². The molecule has 0 bridgehead atoms. The molecule has 5 heteroatoms. The predicted octanol–water partition coefficient (Wildman–Crippen LogP) is 3.90. The molecule has 0 aliphatic heterocycles. The van der Waals surface area contributed by atoms with E-state index in [1.807, 2.05) is 0 Å². The minimum absolute atomic E-state index is 0.0354. The highest BCUT2D eigenvalue weighted by Crippen LogP contribution is 2.32. The van der Waals surface area contributed by atoms with Crippen LogP contribution >= 0.6 is 0 Å². The summed E-state index contributed by atoms with van der Waals surface area (Å²) in [5.74, 6) is -0.405. The third-order valence-electron chi connectivity index (χ3n) is 3.74. The third kappa shape index (κ3) is 2.84. The van der Waals surface area contributed by atoms with E-state index in [0.717, 1.165) is 0 Å². The van der Waals surface area contributed by atoms with Crippen molar-refractivity contribution in [2.75, 3.05) is 5.32 Å². The van der Waals surface area contributed by atoms with Gasteiger partial charge in [-0.3, -0.25) is 14.6 Å². The van der Waals surface area contributed by atoms with E-state index in [2.05, 4.69) is 10.3 Å². The summed E-state index contributed by atoms with van der Waals surface area (Å²) < 4.78 is 0. The monoisotopic (exact) mass is 320 g/mol. The van der Waals surface area contributed by atoms with Crippen molar-refractivity contribution in [1.82, 2.24) is 0 Å². The number of nitrogens with zero attached hydrogens (tertiary/aromatic N) is 1. The van der Waals surface area contributed by atoms with E-state index in [9.17, 15) is 14.7 Å². The van der Waals surface area contributed by atoms with Gasteiger partial charge in [0.25, 0.3) is 0 Å². The normalized spacial score (nSPS) is 13.9. The molecule has 2 aromatic carbocycles. The van der Waals surface area contributed by atoms with Gasteiger partial charge in [0, 0.05) is 23.7 Å². The average molecular weight is 320 g/mol. The van der Waals surface area contributed by atoms with Gasteiger partial charge in [-0.05, 0) is 31.2 Å². The van der Waals surface area contributed by atoms with E-state index in [1.54, 1.807) is 55.5 Å². The molecule has 0 unspecified atom stereocenters. The molecule has 3 rings (SSSR count). The third-order valence-corrected chi connectivity index (χ3v) is 3.74. The highest BCUT2D eigenvalue weighted by atomic mass is 16.3. The topological polar surface area (TPSA) is 78.8 Å². The molecule has 2 N–H and O–H groups in total. The molecule has 2 aromatic rings. The lowest BCUT2D eigenvalue weighted by molar-refractivity contribution is -0.114. The van der Waals surface area contributed by atoms with Crippen LogP contribution in [0.25, 0.3) is 5.76 Å². The number of aliphatic hydroxyl groups excluding tert-OH is 1. The van der Waals surface area contributed by atoms with Gasteiger partial charge in [0.05, 0.1) is 17.0 Å². The van der Waals surface area contributed by atoms with Crippen LogP contribution in [0.2, 0.25) is 0 Å². The van der Waals surface area contributed by atoms with E-state index in [4.69, 9.17) is 0 Å². The molecule has 0 saturated carbocycles. The molecule has 1 amide bonds. The zero-order chi connectivity index (χ0) is 17.3. The first-order chi connectivity index (χ1) is 11.5. The van der Waals surface area contributed by atoms with E-state index < -0.39 is 0 Å². The summed E-state index contributed by atoms with van der Waals surface area (Å²) in [4.78, 5) is 27.9. The first-order valence-electron chi connectivity index (χ1n) is 7.48. The molecule has 1 aliphatic rings. The summed E-state index contributed by atoms with van der Waals surface area (Å²) >= 11 is 0. The van der Waals surface area contributed by atoms with Crippen molar-refractivity contribution >= 4 is 34.5 Å². The summed E-state index contributed by atoms with van der Waals surface area (Å²) in [7, 11) is 0. The van der Waals surface area contributed by atoms with Gasteiger partial charge in [-0.15, -0.1) is 0 Å². The summed E-state index contributed by atoms with van der Waals surface area (Å²) in [5.41, 5.74) is 2.99. The Hall–Kier alpha value is -3.21. The first-order valence-corrected chi connectivity index (χ1v) is 7.48. The molecule has 0 atom stereocenters. The number of Topliss-reactive ketones (excluding diaryl/α,β-unsaturated/α-hetero) is 1. The zero-order valence-electron chi connectivity index (χ0n) is 13.3. The molecule has 120 valence electrons. The maximum Gasteiger partial charge on any atom is 0.221 e. The molecular weight excluding hydrogens is 304 g/mol. The Morgan fingerprint density at radius 1 is 1.00 bits per heavy atom. The number of aliphatic imine (C=N–C) groups is 1. The van der Waals surface area contributed by atoms with Crippen LogP contribution in [0, 0.1) is 0 Å². The minimum Gasteiger partial charge on any atom is -0.506 e. The van der Waals surface area contributed by atoms with Gasteiger partial charge in [-0.2, -0.15) is 0 Å². The van der Waals surface area contributed by atoms with E-state index in [0.29, 0.717) is 28.2 Å². The number of nitrogens with one attached hydrogen (secondary N) is 1. The maximum absolute atomic E-state index is 12.5. The minimum atomic E-state index is -0.223. The number of anilines is 1. The summed E-state index contributed by atoms with van der Waals surface area (Å²) in [6, 6.07) is 13.9. The van der Waals surface area contributed by atoms with E-state index in [-0.39, 0.29) is 23.0 Å². The van der Waals surface area contributed by atoms with Crippen LogP contribution in [0.4, 0.5) is 11.4 Å². The van der Waals surface area contributed by atoms with Gasteiger partial charge in [0.15, 0.2) is 5.78 Å². The fourth-order valence-corrected chi connectivity index (χ4v) is 2.67. The van der Waals surface area contributed by atoms with Gasteiger partial charge in [0.1, 0.15) is 5.76 Å². The molecule has 0 saturated heterocycles. The van der Waals surface area contributed by atoms with Gasteiger partial charge < -0.3 is 10.4 Å². The first kappa shape index (κ1) is 15.7. The fraction of sp³-hybridized carbons (Fsp3) is 0.105. The molecule has 1 aliphatic carbocycles. The maximum atomic E-state index is 12.5. The lowest BCUT2D eigenvalue weighted by Crippen LogP contribution is -2.07. The van der Waals surface area contributed by atoms with Crippen molar-refractivity contribution in [1.29, 1.82) is 0 Å². The number of carbonyl (C=O) groups is 2. The molecule has 0 radical (unpaired) electrons. The molecule has 0 heterocycles. The second-order valence-electron chi connectivity index (χ2n) is 5.52. The number of rotatable bonds is 3. The van der Waals surface area contributed by atoms with Crippen LogP contribution in [0.3, 0.4) is 0 Å². The second kappa shape index (κ2) is 6.12. The van der Waals surface area contributed by atoms with E-state index in [1.165, 1.54) is 6.92 Å².